The summed E-state index contributed by atoms with van der Waals surface area (Å²) in [6.45, 7) is 6.37. The topological polar surface area (TPSA) is 70.7 Å². The first-order valence-corrected chi connectivity index (χ1v) is 7.64. The molecular weight excluding hydrogens is 282 g/mol. The molecule has 22 heavy (non-hydrogen) atoms. The van der Waals surface area contributed by atoms with E-state index < -0.39 is 0 Å². The number of nitrogens with one attached hydrogen (secondary N) is 2. The normalized spacial score (nSPS) is 9.91. The quantitative estimate of drug-likeness (QED) is 0.681. The van der Waals surface area contributed by atoms with Crippen molar-refractivity contribution >= 4 is 11.9 Å². The van der Waals surface area contributed by atoms with Crippen molar-refractivity contribution in [3.63, 3.8) is 0 Å². The van der Waals surface area contributed by atoms with Gasteiger partial charge in [-0.3, -0.25) is 4.79 Å². The van der Waals surface area contributed by atoms with E-state index in [0.29, 0.717) is 39.2 Å². The van der Waals surface area contributed by atoms with Crippen molar-refractivity contribution in [3.8, 4) is 5.75 Å². The Labute approximate surface area is 131 Å². The molecule has 0 aromatic heterocycles. The fourth-order valence-electron chi connectivity index (χ4n) is 1.86. The zero-order valence-corrected chi connectivity index (χ0v) is 13.3. The molecule has 1 rings (SSSR count). The number of carbonyl (C=O) groups excluding carboxylic acids is 2. The largest absolute Gasteiger partial charge is 0.493 e. The number of hydrogen-bond acceptors (Lipinski definition) is 3. The SMILES string of the molecule is CCN(CC)C(=O)NCCNC(=O)CCOc1ccccc1. The van der Waals surface area contributed by atoms with Crippen LogP contribution in [-0.2, 0) is 4.79 Å². The highest BCUT2D eigenvalue weighted by Crippen LogP contribution is 2.08. The second-order valence-corrected chi connectivity index (χ2v) is 4.67. The van der Waals surface area contributed by atoms with E-state index in [1.165, 1.54) is 0 Å². The van der Waals surface area contributed by atoms with E-state index in [9.17, 15) is 9.59 Å². The summed E-state index contributed by atoms with van der Waals surface area (Å²) in [5.74, 6) is 0.662. The van der Waals surface area contributed by atoms with Crippen LogP contribution in [0.15, 0.2) is 30.3 Å². The smallest absolute Gasteiger partial charge is 0.317 e. The Morgan fingerprint density at radius 2 is 1.68 bits per heavy atom. The summed E-state index contributed by atoms with van der Waals surface area (Å²) in [5, 5.41) is 5.51. The lowest BCUT2D eigenvalue weighted by molar-refractivity contribution is -0.121. The van der Waals surface area contributed by atoms with Crippen LogP contribution in [-0.4, -0.2) is 49.6 Å². The van der Waals surface area contributed by atoms with E-state index in [-0.39, 0.29) is 11.9 Å². The fraction of sp³-hybridized carbons (Fsp3) is 0.500. The Balaban J connectivity index is 2.07. The number of carbonyl (C=O) groups is 2. The predicted molar refractivity (Wildman–Crippen MR) is 85.9 cm³/mol. The van der Waals surface area contributed by atoms with Gasteiger partial charge in [-0.1, -0.05) is 18.2 Å². The summed E-state index contributed by atoms with van der Waals surface area (Å²) >= 11 is 0. The van der Waals surface area contributed by atoms with Crippen LogP contribution < -0.4 is 15.4 Å². The highest BCUT2D eigenvalue weighted by atomic mass is 16.5. The maximum absolute atomic E-state index is 11.7. The summed E-state index contributed by atoms with van der Waals surface area (Å²) in [6, 6.07) is 9.27. The summed E-state index contributed by atoms with van der Waals surface area (Å²) in [5.41, 5.74) is 0. The van der Waals surface area contributed by atoms with E-state index in [1.54, 1.807) is 4.90 Å². The predicted octanol–water partition coefficient (Wildman–Crippen LogP) is 1.62. The summed E-state index contributed by atoms with van der Waals surface area (Å²) in [4.78, 5) is 25.0. The standard InChI is InChI=1S/C16H25N3O3/c1-3-19(4-2)16(21)18-12-11-17-15(20)10-13-22-14-8-6-5-7-9-14/h5-9H,3-4,10-13H2,1-2H3,(H,17,20)(H,18,21). The van der Waals surface area contributed by atoms with Crippen molar-refractivity contribution in [2.24, 2.45) is 0 Å². The van der Waals surface area contributed by atoms with Crippen LogP contribution in [0.25, 0.3) is 0 Å². The minimum absolute atomic E-state index is 0.0898. The Morgan fingerprint density at radius 1 is 1.05 bits per heavy atom. The monoisotopic (exact) mass is 307 g/mol. The van der Waals surface area contributed by atoms with Crippen molar-refractivity contribution in [2.45, 2.75) is 20.3 Å². The van der Waals surface area contributed by atoms with Gasteiger partial charge in [0, 0.05) is 26.2 Å². The zero-order valence-electron chi connectivity index (χ0n) is 13.3. The van der Waals surface area contributed by atoms with Gasteiger partial charge < -0.3 is 20.3 Å². The van der Waals surface area contributed by atoms with Gasteiger partial charge in [0.15, 0.2) is 0 Å². The molecule has 0 heterocycles. The number of rotatable bonds is 9. The number of amides is 3. The zero-order chi connectivity index (χ0) is 16.2. The highest BCUT2D eigenvalue weighted by molar-refractivity contribution is 5.76. The minimum atomic E-state index is -0.105. The van der Waals surface area contributed by atoms with Gasteiger partial charge in [-0.25, -0.2) is 4.79 Å². The molecule has 122 valence electrons. The third-order valence-electron chi connectivity index (χ3n) is 3.12. The Bertz CT molecular complexity index is 447. The molecule has 0 spiro atoms. The molecule has 6 nitrogen and oxygen atoms in total. The molecule has 2 N–H and O–H groups in total. The van der Waals surface area contributed by atoms with E-state index in [0.717, 1.165) is 5.75 Å². The van der Waals surface area contributed by atoms with Crippen LogP contribution in [0.5, 0.6) is 5.75 Å². The van der Waals surface area contributed by atoms with Crippen LogP contribution >= 0.6 is 0 Å². The Hall–Kier alpha value is -2.24. The van der Waals surface area contributed by atoms with Crippen LogP contribution in [0.1, 0.15) is 20.3 Å². The van der Waals surface area contributed by atoms with E-state index >= 15 is 0 Å². The maximum atomic E-state index is 11.7. The van der Waals surface area contributed by atoms with Crippen molar-refractivity contribution < 1.29 is 14.3 Å². The first-order valence-electron chi connectivity index (χ1n) is 7.64. The lowest BCUT2D eigenvalue weighted by Crippen LogP contribution is -2.43. The molecule has 6 heteroatoms. The highest BCUT2D eigenvalue weighted by Gasteiger charge is 2.08. The molecule has 1 aromatic rings. The first kappa shape index (κ1) is 17.8. The van der Waals surface area contributed by atoms with Gasteiger partial charge in [-0.15, -0.1) is 0 Å². The number of benzene rings is 1. The molecule has 0 radical (unpaired) electrons. The van der Waals surface area contributed by atoms with Gasteiger partial charge >= 0.3 is 6.03 Å². The van der Waals surface area contributed by atoms with Crippen LogP contribution in [0.3, 0.4) is 0 Å². The van der Waals surface area contributed by atoms with Crippen LogP contribution in [0.4, 0.5) is 4.79 Å². The van der Waals surface area contributed by atoms with Gasteiger partial charge in [-0.05, 0) is 26.0 Å². The third kappa shape index (κ3) is 6.97. The van der Waals surface area contributed by atoms with Crippen LogP contribution in [0.2, 0.25) is 0 Å². The van der Waals surface area contributed by atoms with Gasteiger partial charge in [0.25, 0.3) is 0 Å². The number of urea groups is 1. The van der Waals surface area contributed by atoms with Gasteiger partial charge in [0.1, 0.15) is 5.75 Å². The third-order valence-corrected chi connectivity index (χ3v) is 3.12. The summed E-state index contributed by atoms with van der Waals surface area (Å²) < 4.78 is 5.44. The lowest BCUT2D eigenvalue weighted by Gasteiger charge is -2.19. The molecule has 1 aromatic carbocycles. The molecule has 0 saturated heterocycles. The van der Waals surface area contributed by atoms with Gasteiger partial charge in [-0.2, -0.15) is 0 Å². The number of para-hydroxylation sites is 1. The lowest BCUT2D eigenvalue weighted by atomic mass is 10.3. The van der Waals surface area contributed by atoms with Gasteiger partial charge in [0.05, 0.1) is 13.0 Å². The fourth-order valence-corrected chi connectivity index (χ4v) is 1.86. The molecule has 0 aliphatic rings. The molecule has 0 fully saturated rings. The maximum Gasteiger partial charge on any atom is 0.317 e. The van der Waals surface area contributed by atoms with Crippen molar-refractivity contribution in [1.29, 1.82) is 0 Å². The molecule has 0 bridgehead atoms. The second-order valence-electron chi connectivity index (χ2n) is 4.67. The van der Waals surface area contributed by atoms with E-state index in [2.05, 4.69) is 10.6 Å². The molecule has 3 amide bonds. The Kier molecular flexibility index (Phi) is 8.49. The number of ether oxygens (including phenoxy) is 1. The molecule has 0 aliphatic carbocycles. The summed E-state index contributed by atoms with van der Waals surface area (Å²) in [7, 11) is 0. The number of hydrogen-bond donors (Lipinski definition) is 2. The second kappa shape index (κ2) is 10.5. The molecular formula is C16H25N3O3. The van der Waals surface area contributed by atoms with E-state index in [1.807, 2.05) is 44.2 Å². The summed E-state index contributed by atoms with van der Waals surface area (Å²) in [6.07, 6.45) is 0.291. The first-order chi connectivity index (χ1) is 10.7. The molecule has 0 atom stereocenters. The minimum Gasteiger partial charge on any atom is -0.493 e. The van der Waals surface area contributed by atoms with Gasteiger partial charge in [0.2, 0.25) is 5.91 Å². The van der Waals surface area contributed by atoms with Crippen LogP contribution in [0, 0.1) is 0 Å². The van der Waals surface area contributed by atoms with Crippen molar-refractivity contribution in [3.05, 3.63) is 30.3 Å². The average Bonchev–Trinajstić information content (AvgIpc) is 2.54. The Morgan fingerprint density at radius 3 is 2.32 bits per heavy atom. The molecule has 0 aliphatic heterocycles. The van der Waals surface area contributed by atoms with Crippen molar-refractivity contribution in [2.75, 3.05) is 32.8 Å². The van der Waals surface area contributed by atoms with Crippen molar-refractivity contribution in [1.82, 2.24) is 15.5 Å². The average molecular weight is 307 g/mol. The molecule has 0 saturated carbocycles. The van der Waals surface area contributed by atoms with E-state index in [4.69, 9.17) is 4.74 Å². The molecule has 0 unspecified atom stereocenters. The number of nitrogens with zero attached hydrogens (tertiary/aromatic N) is 1.